The second kappa shape index (κ2) is 11.0. The summed E-state index contributed by atoms with van der Waals surface area (Å²) in [6.45, 7) is 1.17. The predicted octanol–water partition coefficient (Wildman–Crippen LogP) is 2.22. The highest BCUT2D eigenvalue weighted by Crippen LogP contribution is 2.36. The highest BCUT2D eigenvalue weighted by molar-refractivity contribution is 7.86. The lowest BCUT2D eigenvalue weighted by Crippen LogP contribution is -2.21. The number of aromatic nitrogens is 2. The lowest BCUT2D eigenvalue weighted by Gasteiger charge is -2.15. The van der Waals surface area contributed by atoms with Crippen molar-refractivity contribution in [1.29, 1.82) is 5.26 Å². The topological polar surface area (TPSA) is 222 Å². The Kier molecular flexibility index (Phi) is 8.26. The van der Waals surface area contributed by atoms with Crippen molar-refractivity contribution in [3.63, 3.8) is 0 Å². The molecule has 14 nitrogen and oxygen atoms in total. The molecule has 0 aliphatic carbocycles. The first-order valence-corrected chi connectivity index (χ1v) is 13.8. The Hall–Kier alpha value is -3.27. The van der Waals surface area contributed by atoms with E-state index in [2.05, 4.69) is 35.1 Å². The van der Waals surface area contributed by atoms with E-state index in [1.54, 1.807) is 6.92 Å². The molecule has 0 amide bonds. The van der Waals surface area contributed by atoms with Crippen LogP contribution >= 0.6 is 11.3 Å². The van der Waals surface area contributed by atoms with Crippen LogP contribution in [0.25, 0.3) is 10.2 Å². The molecule has 0 spiro atoms. The third kappa shape index (κ3) is 7.11. The normalized spacial score (nSPS) is 12.2. The molecule has 2 heterocycles. The number of benzene rings is 1. The number of rotatable bonds is 11. The summed E-state index contributed by atoms with van der Waals surface area (Å²) in [5.74, 6) is 3.71. The molecule has 0 unspecified atom stereocenters. The highest BCUT2D eigenvalue weighted by Gasteiger charge is 2.19. The van der Waals surface area contributed by atoms with Crippen LogP contribution in [0, 0.1) is 18.3 Å². The third-order valence-electron chi connectivity index (χ3n) is 4.49. The lowest BCUT2D eigenvalue weighted by molar-refractivity contribution is 0.333. The molecule has 0 saturated heterocycles. The number of nitriles is 1. The smallest absolute Gasteiger partial charge is 0.284 e. The van der Waals surface area contributed by atoms with Crippen molar-refractivity contribution in [1.82, 2.24) is 9.97 Å². The Morgan fingerprint density at radius 1 is 1.11 bits per heavy atom. The van der Waals surface area contributed by atoms with Gasteiger partial charge in [0, 0.05) is 18.7 Å². The van der Waals surface area contributed by atoms with Gasteiger partial charge in [-0.15, -0.1) is 10.2 Å². The Morgan fingerprint density at radius 2 is 1.80 bits per heavy atom. The zero-order valence-corrected chi connectivity index (χ0v) is 20.6. The van der Waals surface area contributed by atoms with Gasteiger partial charge < -0.3 is 10.6 Å². The molecule has 0 saturated carbocycles. The quantitative estimate of drug-likeness (QED) is 0.156. The van der Waals surface area contributed by atoms with Crippen LogP contribution < -0.4 is 16.5 Å². The average Bonchev–Trinajstić information content (AvgIpc) is 3.21. The van der Waals surface area contributed by atoms with Gasteiger partial charge in [-0.25, -0.2) is 9.97 Å². The van der Waals surface area contributed by atoms with E-state index in [1.807, 2.05) is 30.3 Å². The van der Waals surface area contributed by atoms with E-state index in [4.69, 9.17) is 10.4 Å². The van der Waals surface area contributed by atoms with Crippen LogP contribution in [0.1, 0.15) is 11.1 Å². The minimum Gasteiger partial charge on any atom is -0.368 e. The number of hydrogen-bond acceptors (Lipinski definition) is 14. The number of fused-ring (bicyclic) bond motifs is 1. The number of hydrogen-bond donors (Lipinski definition) is 4. The molecule has 35 heavy (non-hydrogen) atoms. The van der Waals surface area contributed by atoms with Gasteiger partial charge in [0.1, 0.15) is 17.6 Å². The monoisotopic (exact) mass is 540 g/mol. The van der Waals surface area contributed by atoms with Crippen LogP contribution in [0.15, 0.2) is 34.5 Å². The van der Waals surface area contributed by atoms with Crippen molar-refractivity contribution >= 4 is 64.2 Å². The first-order chi connectivity index (χ1) is 16.5. The Balaban J connectivity index is 1.98. The van der Waals surface area contributed by atoms with Crippen molar-refractivity contribution in [3.8, 4) is 6.07 Å². The number of thiazole rings is 1. The second-order valence-electron chi connectivity index (χ2n) is 6.93. The van der Waals surface area contributed by atoms with E-state index in [-0.39, 0.29) is 36.0 Å². The fourth-order valence-corrected chi connectivity index (χ4v) is 4.44. The summed E-state index contributed by atoms with van der Waals surface area (Å²) in [7, 11) is -8.22. The molecule has 2 aromatic heterocycles. The van der Waals surface area contributed by atoms with Crippen LogP contribution in [-0.4, -0.2) is 56.0 Å². The molecule has 0 radical (unpaired) electrons. The summed E-state index contributed by atoms with van der Waals surface area (Å²) in [6.07, 6.45) is 0. The second-order valence-corrected chi connectivity index (χ2v) is 11.2. The minimum absolute atomic E-state index is 0.00743. The summed E-state index contributed by atoms with van der Waals surface area (Å²) >= 11 is 1.30. The molecule has 0 aliphatic rings. The van der Waals surface area contributed by atoms with Crippen LogP contribution in [-0.2, 0) is 24.5 Å². The molecule has 17 heteroatoms. The van der Waals surface area contributed by atoms with Crippen molar-refractivity contribution in [2.45, 2.75) is 6.92 Å². The van der Waals surface area contributed by atoms with Crippen LogP contribution in [0.3, 0.4) is 0 Å². The maximum absolute atomic E-state index is 11.5. The molecule has 1 aromatic carbocycles. The van der Waals surface area contributed by atoms with Gasteiger partial charge in [0.2, 0.25) is 5.13 Å². The fourth-order valence-electron chi connectivity index (χ4n) is 2.84. The van der Waals surface area contributed by atoms with Gasteiger partial charge in [-0.1, -0.05) is 23.5 Å². The van der Waals surface area contributed by atoms with Gasteiger partial charge in [0.15, 0.2) is 5.82 Å². The fraction of sp³-hybridized carbons (Fsp3) is 0.278. The summed E-state index contributed by atoms with van der Waals surface area (Å²) in [5.41, 5.74) is 1.28. The third-order valence-corrected chi connectivity index (χ3v) is 7.13. The van der Waals surface area contributed by atoms with Crippen LogP contribution in [0.5, 0.6) is 0 Å². The standard InChI is InChI=1S/C18H20N8O6S3/c1-11-12(10-19)16(21-6-8-34(27,28)29)24-17(22-7-9-35(30,31)32-20)15(11)25-26-18-23-13-4-2-3-5-14(13)33-18/h2-5H,6-9,20H2,1H3,(H2,21,22,24)(H,27,28,29). The summed E-state index contributed by atoms with van der Waals surface area (Å²) < 4.78 is 58.9. The average molecular weight is 541 g/mol. The van der Waals surface area contributed by atoms with E-state index in [1.165, 1.54) is 11.3 Å². The van der Waals surface area contributed by atoms with Crippen molar-refractivity contribution in [2.24, 2.45) is 16.1 Å². The van der Waals surface area contributed by atoms with Gasteiger partial charge in [-0.05, 0) is 19.1 Å². The molecule has 3 rings (SSSR count). The first kappa shape index (κ1) is 26.3. The van der Waals surface area contributed by atoms with Crippen LogP contribution in [0.2, 0.25) is 0 Å². The zero-order valence-electron chi connectivity index (χ0n) is 18.2. The van der Waals surface area contributed by atoms with Gasteiger partial charge in [0.05, 0.1) is 27.3 Å². The van der Waals surface area contributed by atoms with Crippen LogP contribution in [0.4, 0.5) is 22.5 Å². The van der Waals surface area contributed by atoms with Gasteiger partial charge >= 0.3 is 0 Å². The number of anilines is 2. The van der Waals surface area contributed by atoms with Gasteiger partial charge in [-0.3, -0.25) is 4.55 Å². The van der Waals surface area contributed by atoms with E-state index in [9.17, 15) is 22.1 Å². The maximum Gasteiger partial charge on any atom is 0.284 e. The summed E-state index contributed by atoms with van der Waals surface area (Å²) in [4.78, 5) is 8.63. The van der Waals surface area contributed by atoms with Crippen molar-refractivity contribution < 1.29 is 25.7 Å². The number of pyridine rings is 1. The highest BCUT2D eigenvalue weighted by atomic mass is 32.2. The number of azo groups is 1. The molecule has 3 aromatic rings. The maximum atomic E-state index is 11.5. The lowest BCUT2D eigenvalue weighted by atomic mass is 10.1. The Bertz CT molecular complexity index is 1480. The molecule has 0 bridgehead atoms. The minimum atomic E-state index is -4.25. The molecule has 5 N–H and O–H groups in total. The zero-order chi connectivity index (χ0) is 25.6. The SMILES string of the molecule is Cc1c(C#N)c(NCCS(=O)(=O)O)nc(NCCS(=O)(=O)ON)c1N=Nc1nc2ccccc2s1. The molecule has 0 aliphatic heterocycles. The van der Waals surface area contributed by atoms with Crippen molar-refractivity contribution in [2.75, 3.05) is 35.2 Å². The summed E-state index contributed by atoms with van der Waals surface area (Å²) in [6, 6.07) is 9.39. The Labute approximate surface area is 204 Å². The number of nitrogens with one attached hydrogen (secondary N) is 2. The molecule has 0 atom stereocenters. The van der Waals surface area contributed by atoms with E-state index in [0.717, 1.165) is 10.2 Å². The number of para-hydroxylation sites is 1. The molecule has 186 valence electrons. The van der Waals surface area contributed by atoms with E-state index < -0.39 is 31.7 Å². The van der Waals surface area contributed by atoms with Gasteiger partial charge in [-0.2, -0.15) is 32.3 Å². The first-order valence-electron chi connectivity index (χ1n) is 9.79. The van der Waals surface area contributed by atoms with E-state index >= 15 is 0 Å². The Morgan fingerprint density at radius 3 is 2.46 bits per heavy atom. The molecular formula is C18H20N8O6S3. The van der Waals surface area contributed by atoms with E-state index in [0.29, 0.717) is 10.7 Å². The number of nitrogens with zero attached hydrogens (tertiary/aromatic N) is 5. The predicted molar refractivity (Wildman–Crippen MR) is 130 cm³/mol. The van der Waals surface area contributed by atoms with Crippen molar-refractivity contribution in [3.05, 3.63) is 35.4 Å². The largest absolute Gasteiger partial charge is 0.368 e. The molecular weight excluding hydrogens is 520 g/mol. The number of nitrogens with two attached hydrogens (primary N) is 1. The molecule has 0 fully saturated rings. The van der Waals surface area contributed by atoms with Gasteiger partial charge in [0.25, 0.3) is 20.2 Å². The summed E-state index contributed by atoms with van der Waals surface area (Å²) in [5, 5.41) is 23.8.